The van der Waals surface area contributed by atoms with Gasteiger partial charge in [-0.05, 0) is 47.6 Å². The summed E-state index contributed by atoms with van der Waals surface area (Å²) < 4.78 is 0. The van der Waals surface area contributed by atoms with Crippen LogP contribution in [0.5, 0.6) is 0 Å². The minimum atomic E-state index is 0.487. The third-order valence-electron chi connectivity index (χ3n) is 4.09. The van der Waals surface area contributed by atoms with Gasteiger partial charge in [-0.15, -0.1) is 0 Å². The van der Waals surface area contributed by atoms with Crippen LogP contribution in [0, 0.1) is 0 Å². The van der Waals surface area contributed by atoms with Gasteiger partial charge in [-0.1, -0.05) is 31.2 Å². The molecule has 0 saturated heterocycles. The first-order valence-corrected chi connectivity index (χ1v) is 7.05. The molecule has 1 aliphatic carbocycles. The van der Waals surface area contributed by atoms with E-state index in [4.69, 9.17) is 0 Å². The van der Waals surface area contributed by atoms with Crippen LogP contribution in [0.15, 0.2) is 48.8 Å². The van der Waals surface area contributed by atoms with Crippen molar-refractivity contribution in [1.82, 2.24) is 10.3 Å². The number of benzene rings is 1. The highest BCUT2D eigenvalue weighted by Gasteiger charge is 2.23. The number of hydrogen-bond donors (Lipinski definition) is 1. The van der Waals surface area contributed by atoms with E-state index in [0.717, 1.165) is 6.54 Å². The van der Waals surface area contributed by atoms with Crippen LogP contribution in [-0.4, -0.2) is 4.98 Å². The van der Waals surface area contributed by atoms with Gasteiger partial charge in [0.05, 0.1) is 0 Å². The first kappa shape index (κ1) is 12.4. The third kappa shape index (κ3) is 2.69. The molecule has 0 amide bonds. The second kappa shape index (κ2) is 5.54. The normalized spacial score (nSPS) is 21.9. The van der Waals surface area contributed by atoms with E-state index in [2.05, 4.69) is 53.6 Å². The van der Waals surface area contributed by atoms with Crippen LogP contribution in [0.1, 0.15) is 48.4 Å². The standard InChI is InChI=1S/C17H20N2/c1-13-6-7-17(16-5-3-2-4-15(13)16)19-12-14-8-10-18-11-9-14/h2-5,8-11,13,17,19H,6-7,12H2,1H3. The third-order valence-corrected chi connectivity index (χ3v) is 4.09. The molecule has 3 rings (SSSR count). The highest BCUT2D eigenvalue weighted by atomic mass is 14.9. The second-order valence-corrected chi connectivity index (χ2v) is 5.40. The van der Waals surface area contributed by atoms with Crippen molar-refractivity contribution in [2.45, 2.75) is 38.3 Å². The summed E-state index contributed by atoms with van der Waals surface area (Å²) in [5.74, 6) is 0.690. The lowest BCUT2D eigenvalue weighted by molar-refractivity contribution is 0.431. The quantitative estimate of drug-likeness (QED) is 0.898. The van der Waals surface area contributed by atoms with Crippen molar-refractivity contribution >= 4 is 0 Å². The lowest BCUT2D eigenvalue weighted by Crippen LogP contribution is -2.25. The van der Waals surface area contributed by atoms with Crippen LogP contribution >= 0.6 is 0 Å². The molecule has 1 aromatic heterocycles. The molecule has 19 heavy (non-hydrogen) atoms. The Bertz CT molecular complexity index is 536. The molecule has 1 N–H and O–H groups in total. The number of aromatic nitrogens is 1. The van der Waals surface area contributed by atoms with E-state index in [9.17, 15) is 0 Å². The maximum atomic E-state index is 4.06. The highest BCUT2D eigenvalue weighted by Crippen LogP contribution is 2.36. The Morgan fingerprint density at radius 2 is 1.79 bits per heavy atom. The predicted molar refractivity (Wildman–Crippen MR) is 77.9 cm³/mol. The molecule has 2 unspecified atom stereocenters. The maximum absolute atomic E-state index is 4.06. The molecule has 98 valence electrons. The molecule has 2 nitrogen and oxygen atoms in total. The highest BCUT2D eigenvalue weighted by molar-refractivity contribution is 5.35. The Morgan fingerprint density at radius 1 is 1.05 bits per heavy atom. The average molecular weight is 252 g/mol. The van der Waals surface area contributed by atoms with Crippen molar-refractivity contribution in [2.24, 2.45) is 0 Å². The molecule has 0 fully saturated rings. The van der Waals surface area contributed by atoms with E-state index in [1.165, 1.54) is 29.5 Å². The first-order chi connectivity index (χ1) is 9.34. The van der Waals surface area contributed by atoms with Gasteiger partial charge in [-0.3, -0.25) is 4.98 Å². The Hall–Kier alpha value is -1.67. The van der Waals surface area contributed by atoms with Gasteiger partial charge < -0.3 is 5.32 Å². The van der Waals surface area contributed by atoms with Gasteiger partial charge in [-0.25, -0.2) is 0 Å². The monoisotopic (exact) mass is 252 g/mol. The van der Waals surface area contributed by atoms with Gasteiger partial charge in [0.25, 0.3) is 0 Å². The number of hydrogen-bond acceptors (Lipinski definition) is 2. The zero-order valence-electron chi connectivity index (χ0n) is 11.3. The number of rotatable bonds is 3. The molecule has 1 aliphatic rings. The van der Waals surface area contributed by atoms with Gasteiger partial charge >= 0.3 is 0 Å². The van der Waals surface area contributed by atoms with E-state index in [1.807, 2.05) is 12.4 Å². The van der Waals surface area contributed by atoms with Crippen LogP contribution < -0.4 is 5.32 Å². The van der Waals surface area contributed by atoms with E-state index < -0.39 is 0 Å². The summed E-state index contributed by atoms with van der Waals surface area (Å²) in [6.07, 6.45) is 6.20. The molecule has 0 radical (unpaired) electrons. The summed E-state index contributed by atoms with van der Waals surface area (Å²) in [5, 5.41) is 3.69. The largest absolute Gasteiger partial charge is 0.306 e. The van der Waals surface area contributed by atoms with Gasteiger partial charge in [0.1, 0.15) is 0 Å². The van der Waals surface area contributed by atoms with Crippen molar-refractivity contribution in [3.63, 3.8) is 0 Å². The second-order valence-electron chi connectivity index (χ2n) is 5.40. The lowest BCUT2D eigenvalue weighted by Gasteiger charge is -2.30. The summed E-state index contributed by atoms with van der Waals surface area (Å²) in [6.45, 7) is 3.24. The molecule has 1 heterocycles. The van der Waals surface area contributed by atoms with Crippen LogP contribution in [0.3, 0.4) is 0 Å². The molecule has 0 saturated carbocycles. The minimum Gasteiger partial charge on any atom is -0.306 e. The van der Waals surface area contributed by atoms with Crippen molar-refractivity contribution in [1.29, 1.82) is 0 Å². The number of nitrogens with zero attached hydrogens (tertiary/aromatic N) is 1. The number of fused-ring (bicyclic) bond motifs is 1. The Kier molecular flexibility index (Phi) is 3.60. The number of nitrogens with one attached hydrogen (secondary N) is 1. The van der Waals surface area contributed by atoms with E-state index in [1.54, 1.807) is 0 Å². The van der Waals surface area contributed by atoms with E-state index in [-0.39, 0.29) is 0 Å². The van der Waals surface area contributed by atoms with Crippen molar-refractivity contribution in [2.75, 3.05) is 0 Å². The predicted octanol–water partition coefficient (Wildman–Crippen LogP) is 3.81. The fourth-order valence-corrected chi connectivity index (χ4v) is 2.96. The summed E-state index contributed by atoms with van der Waals surface area (Å²) in [6, 6.07) is 13.5. The molecule has 0 aliphatic heterocycles. The molecule has 0 spiro atoms. The molecular weight excluding hydrogens is 232 g/mol. The van der Waals surface area contributed by atoms with Crippen LogP contribution in [0.2, 0.25) is 0 Å². The summed E-state index contributed by atoms with van der Waals surface area (Å²) in [4.78, 5) is 4.06. The summed E-state index contributed by atoms with van der Waals surface area (Å²) >= 11 is 0. The maximum Gasteiger partial charge on any atom is 0.0326 e. The van der Waals surface area contributed by atoms with Gasteiger partial charge in [-0.2, -0.15) is 0 Å². The molecule has 2 aromatic rings. The zero-order valence-corrected chi connectivity index (χ0v) is 11.3. The molecule has 2 atom stereocenters. The van der Waals surface area contributed by atoms with Gasteiger partial charge in [0, 0.05) is 25.0 Å². The molecule has 0 bridgehead atoms. The minimum absolute atomic E-state index is 0.487. The number of pyridine rings is 1. The van der Waals surface area contributed by atoms with Crippen LogP contribution in [0.25, 0.3) is 0 Å². The zero-order chi connectivity index (χ0) is 13.1. The summed E-state index contributed by atoms with van der Waals surface area (Å²) in [5.41, 5.74) is 4.29. The smallest absolute Gasteiger partial charge is 0.0326 e. The van der Waals surface area contributed by atoms with Crippen molar-refractivity contribution in [3.8, 4) is 0 Å². The van der Waals surface area contributed by atoms with Gasteiger partial charge in [0.15, 0.2) is 0 Å². The Labute approximate surface area is 114 Å². The van der Waals surface area contributed by atoms with E-state index >= 15 is 0 Å². The van der Waals surface area contributed by atoms with Crippen LogP contribution in [0.4, 0.5) is 0 Å². The topological polar surface area (TPSA) is 24.9 Å². The fourth-order valence-electron chi connectivity index (χ4n) is 2.96. The molecule has 1 aromatic carbocycles. The SMILES string of the molecule is CC1CCC(NCc2ccncc2)c2ccccc21. The van der Waals surface area contributed by atoms with Crippen molar-refractivity contribution in [3.05, 3.63) is 65.5 Å². The van der Waals surface area contributed by atoms with E-state index in [0.29, 0.717) is 12.0 Å². The first-order valence-electron chi connectivity index (χ1n) is 7.05. The van der Waals surface area contributed by atoms with Crippen LogP contribution in [-0.2, 0) is 6.54 Å². The molecule has 2 heteroatoms. The average Bonchev–Trinajstić information content (AvgIpc) is 2.48. The Morgan fingerprint density at radius 3 is 2.58 bits per heavy atom. The Balaban J connectivity index is 1.74. The lowest BCUT2D eigenvalue weighted by atomic mass is 9.81. The summed E-state index contributed by atoms with van der Waals surface area (Å²) in [7, 11) is 0. The molecular formula is C17H20N2. The van der Waals surface area contributed by atoms with Crippen molar-refractivity contribution < 1.29 is 0 Å². The van der Waals surface area contributed by atoms with Gasteiger partial charge in [0.2, 0.25) is 0 Å². The fraction of sp³-hybridized carbons (Fsp3) is 0.353.